The average Bonchev–Trinajstić information content (AvgIpc) is 2.39. The van der Waals surface area contributed by atoms with Gasteiger partial charge in [-0.2, -0.15) is 0 Å². The smallest absolute Gasteiger partial charge is 0.356 e. The molecule has 1 aromatic carbocycles. The minimum Gasteiger partial charge on any atom is -0.476 e. The Labute approximate surface area is 98.0 Å². The molecule has 0 aliphatic rings. The van der Waals surface area contributed by atoms with Gasteiger partial charge in [-0.25, -0.2) is 9.78 Å². The predicted octanol–water partition coefficient (Wildman–Crippen LogP) is 1.30. The van der Waals surface area contributed by atoms with Crippen LogP contribution in [0.1, 0.15) is 16.1 Å². The quantitative estimate of drug-likeness (QED) is 0.828. The van der Waals surface area contributed by atoms with Crippen LogP contribution in [0.4, 0.5) is 0 Å². The molecule has 5 heteroatoms. The van der Waals surface area contributed by atoms with Gasteiger partial charge in [0.25, 0.3) is 0 Å². The van der Waals surface area contributed by atoms with E-state index < -0.39 is 5.97 Å². The fourth-order valence-corrected chi connectivity index (χ4v) is 1.50. The van der Waals surface area contributed by atoms with Gasteiger partial charge in [-0.3, -0.25) is 4.98 Å². The molecule has 0 atom stereocenters. The van der Waals surface area contributed by atoms with Crippen LogP contribution >= 0.6 is 0 Å². The van der Waals surface area contributed by atoms with Gasteiger partial charge in [0.2, 0.25) is 0 Å². The lowest BCUT2D eigenvalue weighted by atomic mass is 10.1. The molecule has 5 nitrogen and oxygen atoms in total. The molecule has 0 radical (unpaired) electrons. The van der Waals surface area contributed by atoms with Crippen LogP contribution in [0.15, 0.2) is 36.7 Å². The van der Waals surface area contributed by atoms with E-state index in [-0.39, 0.29) is 5.69 Å². The summed E-state index contributed by atoms with van der Waals surface area (Å²) in [6.07, 6.45) is 2.83. The lowest BCUT2D eigenvalue weighted by Gasteiger charge is -2.04. The third kappa shape index (κ3) is 2.29. The molecule has 0 saturated carbocycles. The van der Waals surface area contributed by atoms with Crippen molar-refractivity contribution in [2.45, 2.75) is 6.54 Å². The highest BCUT2D eigenvalue weighted by Crippen LogP contribution is 2.20. The highest BCUT2D eigenvalue weighted by molar-refractivity contribution is 5.92. The van der Waals surface area contributed by atoms with E-state index >= 15 is 0 Å². The summed E-state index contributed by atoms with van der Waals surface area (Å²) in [7, 11) is 0. The maximum absolute atomic E-state index is 11.0. The maximum Gasteiger partial charge on any atom is 0.356 e. The number of aromatic carboxylic acids is 1. The first-order valence-corrected chi connectivity index (χ1v) is 5.06. The van der Waals surface area contributed by atoms with Gasteiger partial charge in [-0.15, -0.1) is 0 Å². The van der Waals surface area contributed by atoms with Crippen LogP contribution in [-0.2, 0) is 6.54 Å². The number of hydrogen-bond acceptors (Lipinski definition) is 4. The van der Waals surface area contributed by atoms with Crippen LogP contribution < -0.4 is 5.73 Å². The molecule has 0 fully saturated rings. The number of hydrogen-bond donors (Lipinski definition) is 2. The standard InChI is InChI=1S/C12H11N3O2/c13-7-8-1-3-9(4-2-8)10-11(12(16)17)15-6-5-14-10/h1-6H,7,13H2,(H,16,17). The van der Waals surface area contributed by atoms with E-state index in [0.717, 1.165) is 5.56 Å². The zero-order valence-electron chi connectivity index (χ0n) is 9.00. The number of benzene rings is 1. The van der Waals surface area contributed by atoms with Gasteiger partial charge in [-0.05, 0) is 5.56 Å². The van der Waals surface area contributed by atoms with Crippen LogP contribution in [0, 0.1) is 0 Å². The molecular formula is C12H11N3O2. The average molecular weight is 229 g/mol. The summed E-state index contributed by atoms with van der Waals surface area (Å²) < 4.78 is 0. The molecule has 0 unspecified atom stereocenters. The minimum absolute atomic E-state index is 0.0481. The normalized spacial score (nSPS) is 10.2. The second-order valence-electron chi connectivity index (χ2n) is 3.46. The number of nitrogens with two attached hydrogens (primary N) is 1. The maximum atomic E-state index is 11.0. The van der Waals surface area contributed by atoms with Gasteiger partial charge < -0.3 is 10.8 Å². The molecule has 0 spiro atoms. The zero-order chi connectivity index (χ0) is 12.3. The van der Waals surface area contributed by atoms with Crippen molar-refractivity contribution < 1.29 is 9.90 Å². The van der Waals surface area contributed by atoms with Crippen molar-refractivity contribution in [2.24, 2.45) is 5.73 Å². The van der Waals surface area contributed by atoms with Crippen molar-refractivity contribution in [3.05, 3.63) is 47.9 Å². The van der Waals surface area contributed by atoms with Crippen molar-refractivity contribution in [3.63, 3.8) is 0 Å². The van der Waals surface area contributed by atoms with E-state index in [1.807, 2.05) is 12.1 Å². The first-order valence-electron chi connectivity index (χ1n) is 5.06. The van der Waals surface area contributed by atoms with Gasteiger partial charge in [0.1, 0.15) is 5.69 Å². The van der Waals surface area contributed by atoms with Crippen molar-refractivity contribution >= 4 is 5.97 Å². The Kier molecular flexibility index (Phi) is 3.11. The number of carboxylic acid groups (broad SMARTS) is 1. The monoisotopic (exact) mass is 229 g/mol. The number of rotatable bonds is 3. The van der Waals surface area contributed by atoms with Gasteiger partial charge >= 0.3 is 5.97 Å². The Morgan fingerprint density at radius 2 is 1.82 bits per heavy atom. The first-order chi connectivity index (χ1) is 8.22. The largest absolute Gasteiger partial charge is 0.476 e. The Morgan fingerprint density at radius 1 is 1.18 bits per heavy atom. The summed E-state index contributed by atoms with van der Waals surface area (Å²) in [6.45, 7) is 0.451. The Morgan fingerprint density at radius 3 is 2.41 bits per heavy atom. The molecule has 3 N–H and O–H groups in total. The number of carboxylic acids is 1. The van der Waals surface area contributed by atoms with E-state index in [9.17, 15) is 4.79 Å². The molecular weight excluding hydrogens is 218 g/mol. The lowest BCUT2D eigenvalue weighted by Crippen LogP contribution is -2.04. The van der Waals surface area contributed by atoms with E-state index in [1.165, 1.54) is 12.4 Å². The number of aromatic nitrogens is 2. The predicted molar refractivity (Wildman–Crippen MR) is 62.3 cm³/mol. The molecule has 0 bridgehead atoms. The molecule has 0 aliphatic heterocycles. The number of carbonyl (C=O) groups is 1. The molecule has 2 aromatic rings. The third-order valence-electron chi connectivity index (χ3n) is 2.36. The molecule has 1 aromatic heterocycles. The zero-order valence-corrected chi connectivity index (χ0v) is 9.00. The third-order valence-corrected chi connectivity index (χ3v) is 2.36. The Hall–Kier alpha value is -2.27. The fourth-order valence-electron chi connectivity index (χ4n) is 1.50. The molecule has 2 rings (SSSR count). The highest BCUT2D eigenvalue weighted by atomic mass is 16.4. The minimum atomic E-state index is -1.09. The van der Waals surface area contributed by atoms with Gasteiger partial charge in [-0.1, -0.05) is 24.3 Å². The molecule has 0 saturated heterocycles. The van der Waals surface area contributed by atoms with E-state index in [0.29, 0.717) is 17.8 Å². The summed E-state index contributed by atoms with van der Waals surface area (Å²) in [5, 5.41) is 9.01. The van der Waals surface area contributed by atoms with Crippen molar-refractivity contribution in [1.82, 2.24) is 9.97 Å². The Bertz CT molecular complexity index is 538. The second kappa shape index (κ2) is 4.71. The van der Waals surface area contributed by atoms with E-state index in [1.54, 1.807) is 12.1 Å². The summed E-state index contributed by atoms with van der Waals surface area (Å²) in [6, 6.07) is 7.27. The molecule has 86 valence electrons. The van der Waals surface area contributed by atoms with Gasteiger partial charge in [0.15, 0.2) is 5.69 Å². The van der Waals surface area contributed by atoms with Gasteiger partial charge in [0.05, 0.1) is 0 Å². The Balaban J connectivity index is 2.48. The van der Waals surface area contributed by atoms with Crippen molar-refractivity contribution in [1.29, 1.82) is 0 Å². The topological polar surface area (TPSA) is 89.1 Å². The SMILES string of the molecule is NCc1ccc(-c2nccnc2C(=O)O)cc1. The summed E-state index contributed by atoms with van der Waals surface area (Å²) in [4.78, 5) is 18.9. The molecule has 0 amide bonds. The second-order valence-corrected chi connectivity index (χ2v) is 3.46. The van der Waals surface area contributed by atoms with Crippen LogP contribution in [0.25, 0.3) is 11.3 Å². The summed E-state index contributed by atoms with van der Waals surface area (Å²) >= 11 is 0. The molecule has 17 heavy (non-hydrogen) atoms. The molecule has 1 heterocycles. The lowest BCUT2D eigenvalue weighted by molar-refractivity contribution is 0.0691. The van der Waals surface area contributed by atoms with Crippen molar-refractivity contribution in [2.75, 3.05) is 0 Å². The van der Waals surface area contributed by atoms with Crippen molar-refractivity contribution in [3.8, 4) is 11.3 Å². The van der Waals surface area contributed by atoms with Crippen LogP contribution in [-0.4, -0.2) is 21.0 Å². The van der Waals surface area contributed by atoms with E-state index in [4.69, 9.17) is 10.8 Å². The highest BCUT2D eigenvalue weighted by Gasteiger charge is 2.13. The van der Waals surface area contributed by atoms with E-state index in [2.05, 4.69) is 9.97 Å². The first kappa shape index (κ1) is 11.2. The molecule has 0 aliphatic carbocycles. The number of nitrogens with zero attached hydrogens (tertiary/aromatic N) is 2. The fraction of sp³-hybridized carbons (Fsp3) is 0.0833. The summed E-state index contributed by atoms with van der Waals surface area (Å²) in [5.74, 6) is -1.09. The van der Waals surface area contributed by atoms with Gasteiger partial charge in [0, 0.05) is 24.5 Å². The summed E-state index contributed by atoms with van der Waals surface area (Å²) in [5.41, 5.74) is 7.51. The van der Waals surface area contributed by atoms with Crippen LogP contribution in [0.3, 0.4) is 0 Å². The van der Waals surface area contributed by atoms with Crippen LogP contribution in [0.2, 0.25) is 0 Å². The van der Waals surface area contributed by atoms with Crippen LogP contribution in [0.5, 0.6) is 0 Å².